The van der Waals surface area contributed by atoms with Crippen molar-refractivity contribution in [3.63, 3.8) is 0 Å². The molecule has 1 aromatic rings. The minimum Gasteiger partial charge on any atom is -0.364 e. The molecule has 0 saturated carbocycles. The lowest BCUT2D eigenvalue weighted by atomic mass is 10.1. The van der Waals surface area contributed by atoms with Crippen molar-refractivity contribution in [2.75, 3.05) is 32.7 Å². The van der Waals surface area contributed by atoms with Crippen LogP contribution < -0.4 is 5.73 Å². The largest absolute Gasteiger partial charge is 0.364 e. The molecule has 0 aliphatic carbocycles. The normalized spacial score (nSPS) is 23.3. The molecule has 0 bridgehead atoms. The van der Waals surface area contributed by atoms with Crippen LogP contribution in [0.1, 0.15) is 23.2 Å². The van der Waals surface area contributed by atoms with Crippen LogP contribution in [-0.2, 0) is 9.53 Å². The number of carbonyl (C=O) groups excluding carboxylic acids is 2. The smallest absolute Gasteiger partial charge is 0.253 e. The first-order valence-corrected chi connectivity index (χ1v) is 8.65. The highest BCUT2D eigenvalue weighted by molar-refractivity contribution is 6.30. The van der Waals surface area contributed by atoms with Gasteiger partial charge in [-0.2, -0.15) is 0 Å². The Morgan fingerprint density at radius 3 is 2.24 bits per heavy atom. The highest BCUT2D eigenvalue weighted by atomic mass is 35.5. The topological polar surface area (TPSA) is 75.9 Å². The summed E-state index contributed by atoms with van der Waals surface area (Å²) in [5.74, 6) is -0.0105. The number of rotatable bonds is 3. The van der Waals surface area contributed by atoms with E-state index in [-0.39, 0.29) is 36.4 Å². The number of ether oxygens (including phenoxy) is 1. The molecular weight excluding hydrogens is 365 g/mol. The Kier molecular flexibility index (Phi) is 7.07. The molecule has 6 nitrogen and oxygen atoms in total. The van der Waals surface area contributed by atoms with Crippen LogP contribution in [0.4, 0.5) is 0 Å². The van der Waals surface area contributed by atoms with E-state index in [0.717, 1.165) is 12.8 Å². The maximum Gasteiger partial charge on any atom is 0.253 e. The molecule has 8 heteroatoms. The summed E-state index contributed by atoms with van der Waals surface area (Å²) in [4.78, 5) is 28.5. The SMILES string of the molecule is Cl.NC[C@H]1CC[C@@H](C(=O)N2CCN(C(=O)c3ccc(Cl)cc3)CC2)O1. The van der Waals surface area contributed by atoms with E-state index in [4.69, 9.17) is 22.1 Å². The maximum absolute atomic E-state index is 12.5. The van der Waals surface area contributed by atoms with Crippen LogP contribution in [0.15, 0.2) is 24.3 Å². The quantitative estimate of drug-likeness (QED) is 0.853. The summed E-state index contributed by atoms with van der Waals surface area (Å²) in [5.41, 5.74) is 6.20. The van der Waals surface area contributed by atoms with Crippen LogP contribution in [0, 0.1) is 0 Å². The predicted octanol–water partition coefficient (Wildman–Crippen LogP) is 1.55. The maximum atomic E-state index is 12.5. The molecule has 0 radical (unpaired) electrons. The number of benzene rings is 1. The third kappa shape index (κ3) is 4.64. The Bertz CT molecular complexity index is 604. The number of piperazine rings is 1. The summed E-state index contributed by atoms with van der Waals surface area (Å²) in [5, 5.41) is 0.606. The van der Waals surface area contributed by atoms with E-state index in [1.165, 1.54) is 0 Å². The Morgan fingerprint density at radius 1 is 1.08 bits per heavy atom. The number of halogens is 2. The Morgan fingerprint density at radius 2 is 1.68 bits per heavy atom. The van der Waals surface area contributed by atoms with Crippen molar-refractivity contribution >= 4 is 35.8 Å². The van der Waals surface area contributed by atoms with Crippen LogP contribution in [0.25, 0.3) is 0 Å². The zero-order valence-electron chi connectivity index (χ0n) is 13.9. The average molecular weight is 388 g/mol. The van der Waals surface area contributed by atoms with Gasteiger partial charge >= 0.3 is 0 Å². The van der Waals surface area contributed by atoms with E-state index in [0.29, 0.717) is 43.3 Å². The van der Waals surface area contributed by atoms with Gasteiger partial charge in [-0.3, -0.25) is 9.59 Å². The molecule has 2 atom stereocenters. The van der Waals surface area contributed by atoms with E-state index in [2.05, 4.69) is 0 Å². The number of hydrogen-bond acceptors (Lipinski definition) is 4. The molecular formula is C17H23Cl2N3O3. The Hall–Kier alpha value is -1.34. The molecule has 1 aromatic carbocycles. The van der Waals surface area contributed by atoms with Crippen molar-refractivity contribution in [2.45, 2.75) is 25.0 Å². The summed E-state index contributed by atoms with van der Waals surface area (Å²) in [6.07, 6.45) is 1.18. The second-order valence-corrected chi connectivity index (χ2v) is 6.62. The van der Waals surface area contributed by atoms with Gasteiger partial charge in [0.1, 0.15) is 6.10 Å². The average Bonchev–Trinajstić information content (AvgIpc) is 3.10. The van der Waals surface area contributed by atoms with Crippen molar-refractivity contribution < 1.29 is 14.3 Å². The van der Waals surface area contributed by atoms with Gasteiger partial charge in [0.2, 0.25) is 0 Å². The number of nitrogens with zero attached hydrogens (tertiary/aromatic N) is 2. The molecule has 2 heterocycles. The predicted molar refractivity (Wildman–Crippen MR) is 98.1 cm³/mol. The molecule has 3 rings (SSSR count). The fraction of sp³-hybridized carbons (Fsp3) is 0.529. The zero-order chi connectivity index (χ0) is 17.1. The van der Waals surface area contributed by atoms with Gasteiger partial charge in [-0.25, -0.2) is 0 Å². The minimum absolute atomic E-state index is 0. The third-order valence-corrected chi connectivity index (χ3v) is 4.87. The zero-order valence-corrected chi connectivity index (χ0v) is 15.5. The molecule has 2 aliphatic rings. The van der Waals surface area contributed by atoms with Gasteiger partial charge in [-0.05, 0) is 37.1 Å². The Labute approximate surface area is 158 Å². The highest BCUT2D eigenvalue weighted by Gasteiger charge is 2.34. The Balaban J connectivity index is 0.00000225. The van der Waals surface area contributed by atoms with Crippen molar-refractivity contribution in [3.8, 4) is 0 Å². The van der Waals surface area contributed by atoms with Gasteiger partial charge in [0, 0.05) is 43.3 Å². The van der Waals surface area contributed by atoms with E-state index in [1.54, 1.807) is 34.1 Å². The first kappa shape index (κ1) is 20.0. The molecule has 138 valence electrons. The van der Waals surface area contributed by atoms with E-state index in [1.807, 2.05) is 0 Å². The van der Waals surface area contributed by atoms with Gasteiger partial charge in [0.15, 0.2) is 0 Å². The molecule has 0 aromatic heterocycles. The van der Waals surface area contributed by atoms with Gasteiger partial charge < -0.3 is 20.3 Å². The van der Waals surface area contributed by atoms with Gasteiger partial charge in [-0.15, -0.1) is 12.4 Å². The molecule has 2 amide bonds. The van der Waals surface area contributed by atoms with Crippen LogP contribution in [0.3, 0.4) is 0 Å². The first-order valence-electron chi connectivity index (χ1n) is 8.27. The van der Waals surface area contributed by atoms with Crippen molar-refractivity contribution in [3.05, 3.63) is 34.9 Å². The molecule has 2 N–H and O–H groups in total. The number of carbonyl (C=O) groups is 2. The van der Waals surface area contributed by atoms with E-state index < -0.39 is 0 Å². The highest BCUT2D eigenvalue weighted by Crippen LogP contribution is 2.21. The minimum atomic E-state index is -0.378. The lowest BCUT2D eigenvalue weighted by Crippen LogP contribution is -2.53. The van der Waals surface area contributed by atoms with E-state index >= 15 is 0 Å². The summed E-state index contributed by atoms with van der Waals surface area (Å²) >= 11 is 5.85. The monoisotopic (exact) mass is 387 g/mol. The number of hydrogen-bond donors (Lipinski definition) is 1. The van der Waals surface area contributed by atoms with Gasteiger partial charge in [0.25, 0.3) is 11.8 Å². The molecule has 25 heavy (non-hydrogen) atoms. The fourth-order valence-electron chi connectivity index (χ4n) is 3.17. The molecule has 2 aliphatic heterocycles. The van der Waals surface area contributed by atoms with Crippen LogP contribution in [0.2, 0.25) is 5.02 Å². The molecule has 0 unspecified atom stereocenters. The summed E-state index contributed by atoms with van der Waals surface area (Å²) in [7, 11) is 0. The van der Waals surface area contributed by atoms with Crippen LogP contribution in [0.5, 0.6) is 0 Å². The molecule has 2 saturated heterocycles. The van der Waals surface area contributed by atoms with Crippen molar-refractivity contribution in [2.24, 2.45) is 5.73 Å². The summed E-state index contributed by atoms with van der Waals surface area (Å²) in [6, 6.07) is 6.86. The second kappa shape index (κ2) is 8.85. The van der Waals surface area contributed by atoms with Gasteiger partial charge in [-0.1, -0.05) is 11.6 Å². The van der Waals surface area contributed by atoms with E-state index in [9.17, 15) is 9.59 Å². The molecule has 2 fully saturated rings. The van der Waals surface area contributed by atoms with Crippen molar-refractivity contribution in [1.82, 2.24) is 9.80 Å². The lowest BCUT2D eigenvalue weighted by Gasteiger charge is -2.35. The fourth-order valence-corrected chi connectivity index (χ4v) is 3.30. The standard InChI is InChI=1S/C17H22ClN3O3.ClH/c18-13-3-1-12(2-4-13)16(22)20-7-9-21(10-8-20)17(23)15-6-5-14(11-19)24-15;/h1-4,14-15H,5-11,19H2;1H/t14-,15+;/m1./s1. The second-order valence-electron chi connectivity index (χ2n) is 6.18. The van der Waals surface area contributed by atoms with Gasteiger partial charge in [0.05, 0.1) is 6.10 Å². The first-order chi connectivity index (χ1) is 11.6. The number of amides is 2. The summed E-state index contributed by atoms with van der Waals surface area (Å²) in [6.45, 7) is 2.57. The van der Waals surface area contributed by atoms with Crippen molar-refractivity contribution in [1.29, 1.82) is 0 Å². The summed E-state index contributed by atoms with van der Waals surface area (Å²) < 4.78 is 5.67. The molecule has 0 spiro atoms. The van der Waals surface area contributed by atoms with Crippen LogP contribution in [-0.4, -0.2) is 66.5 Å². The number of nitrogens with two attached hydrogens (primary N) is 1. The van der Waals surface area contributed by atoms with Crippen LogP contribution >= 0.6 is 24.0 Å². The third-order valence-electron chi connectivity index (χ3n) is 4.62. The lowest BCUT2D eigenvalue weighted by molar-refractivity contribution is -0.144.